The molecule has 9 nitrogen and oxygen atoms in total. The number of piperazine rings is 1. The first-order chi connectivity index (χ1) is 15.8. The van der Waals surface area contributed by atoms with Gasteiger partial charge in [-0.15, -0.1) is 0 Å². The summed E-state index contributed by atoms with van der Waals surface area (Å²) < 4.78 is 34.6. The summed E-state index contributed by atoms with van der Waals surface area (Å²) in [6.45, 7) is 6.84. The molecule has 11 heteroatoms. The van der Waals surface area contributed by atoms with Gasteiger partial charge < -0.3 is 19.6 Å². The number of fused-ring (bicyclic) bond motifs is 1. The van der Waals surface area contributed by atoms with Gasteiger partial charge in [-0.3, -0.25) is 0 Å². The highest BCUT2D eigenvalue weighted by molar-refractivity contribution is 7.89. The van der Waals surface area contributed by atoms with Crippen LogP contribution in [0, 0.1) is 4.64 Å². The molecule has 2 N–H and O–H groups in total. The first kappa shape index (κ1) is 24.1. The SMILES string of the molecule is CCCC1NN(C)c2c1[nH]c(-c1cc(S(=O)(=O)N3CCN(C)CC3)ccc1OCC)nc2=S. The van der Waals surface area contributed by atoms with Crippen LogP contribution >= 0.6 is 12.2 Å². The molecule has 0 spiro atoms. The van der Waals surface area contributed by atoms with Crippen molar-refractivity contribution in [3.63, 3.8) is 0 Å². The third-order valence-corrected chi connectivity index (χ3v) is 8.32. The first-order valence-corrected chi connectivity index (χ1v) is 13.2. The van der Waals surface area contributed by atoms with Crippen LogP contribution in [0.25, 0.3) is 11.4 Å². The molecule has 2 aromatic rings. The molecule has 1 atom stereocenters. The smallest absolute Gasteiger partial charge is 0.243 e. The Morgan fingerprint density at radius 2 is 1.91 bits per heavy atom. The van der Waals surface area contributed by atoms with Gasteiger partial charge in [-0.05, 0) is 38.6 Å². The van der Waals surface area contributed by atoms with E-state index >= 15 is 0 Å². The Kier molecular flexibility index (Phi) is 7.06. The molecule has 2 aliphatic heterocycles. The Morgan fingerprint density at radius 1 is 1.18 bits per heavy atom. The third-order valence-electron chi connectivity index (χ3n) is 6.14. The fraction of sp³-hybridized carbons (Fsp3) is 0.545. The average molecular weight is 493 g/mol. The Balaban J connectivity index is 1.80. The number of hydrogen-bond donors (Lipinski definition) is 2. The summed E-state index contributed by atoms with van der Waals surface area (Å²) in [6, 6.07) is 5.06. The molecule has 1 unspecified atom stereocenters. The number of nitrogens with one attached hydrogen (secondary N) is 2. The molecular weight excluding hydrogens is 460 g/mol. The summed E-state index contributed by atoms with van der Waals surface area (Å²) >= 11 is 5.62. The van der Waals surface area contributed by atoms with Crippen LogP contribution < -0.4 is 15.2 Å². The van der Waals surface area contributed by atoms with Gasteiger partial charge in [0.1, 0.15) is 17.3 Å². The van der Waals surface area contributed by atoms with E-state index in [2.05, 4.69) is 27.2 Å². The molecule has 2 aliphatic rings. The number of hydrazine groups is 1. The topological polar surface area (TPSA) is 93.8 Å². The van der Waals surface area contributed by atoms with Crippen LogP contribution in [0.5, 0.6) is 5.75 Å². The van der Waals surface area contributed by atoms with Crippen LogP contribution in [0.3, 0.4) is 0 Å². The summed E-state index contributed by atoms with van der Waals surface area (Å²) in [4.78, 5) is 10.4. The molecule has 4 rings (SSSR count). The number of aromatic nitrogens is 2. The number of ether oxygens (including phenoxy) is 1. The van der Waals surface area contributed by atoms with E-state index in [-0.39, 0.29) is 10.9 Å². The van der Waals surface area contributed by atoms with Crippen molar-refractivity contribution in [1.82, 2.24) is 24.6 Å². The van der Waals surface area contributed by atoms with E-state index in [1.54, 1.807) is 22.5 Å². The molecule has 1 aromatic heterocycles. The van der Waals surface area contributed by atoms with E-state index in [9.17, 15) is 8.42 Å². The highest BCUT2D eigenvalue weighted by Crippen LogP contribution is 2.37. The summed E-state index contributed by atoms with van der Waals surface area (Å²) in [5.74, 6) is 1.08. The Hall–Kier alpha value is -2.05. The van der Waals surface area contributed by atoms with Crippen molar-refractivity contribution in [2.45, 2.75) is 37.6 Å². The van der Waals surface area contributed by atoms with Gasteiger partial charge in [-0.25, -0.2) is 18.8 Å². The fourth-order valence-electron chi connectivity index (χ4n) is 4.36. The van der Waals surface area contributed by atoms with E-state index in [0.717, 1.165) is 24.2 Å². The number of likely N-dealkylation sites (N-methyl/N-ethyl adjacent to an activating group) is 1. The normalized spacial score (nSPS) is 19.6. The summed E-state index contributed by atoms with van der Waals surface area (Å²) in [5.41, 5.74) is 5.82. The van der Waals surface area contributed by atoms with Crippen LogP contribution in [0.2, 0.25) is 0 Å². The highest BCUT2D eigenvalue weighted by Gasteiger charge is 2.31. The molecule has 33 heavy (non-hydrogen) atoms. The number of benzene rings is 1. The number of rotatable bonds is 7. The lowest BCUT2D eigenvalue weighted by atomic mass is 10.1. The Labute approximate surface area is 200 Å². The van der Waals surface area contributed by atoms with Crippen molar-refractivity contribution in [2.24, 2.45) is 0 Å². The van der Waals surface area contributed by atoms with Gasteiger partial charge in [-0.2, -0.15) is 4.31 Å². The summed E-state index contributed by atoms with van der Waals surface area (Å²) in [6.07, 6.45) is 1.94. The number of H-pyrrole nitrogens is 1. The lowest BCUT2D eigenvalue weighted by molar-refractivity contribution is 0.222. The maximum absolute atomic E-state index is 13.4. The predicted octanol–water partition coefficient (Wildman–Crippen LogP) is 2.94. The minimum absolute atomic E-state index is 0.0891. The van der Waals surface area contributed by atoms with E-state index in [1.165, 1.54) is 0 Å². The van der Waals surface area contributed by atoms with Crippen LogP contribution in [-0.2, 0) is 10.0 Å². The second-order valence-electron chi connectivity index (χ2n) is 8.48. The highest BCUT2D eigenvalue weighted by atomic mass is 32.2. The molecule has 1 saturated heterocycles. The van der Waals surface area contributed by atoms with Crippen LogP contribution in [-0.4, -0.2) is 74.5 Å². The lowest BCUT2D eigenvalue weighted by Crippen LogP contribution is -2.47. The number of aromatic amines is 1. The average Bonchev–Trinajstić information content (AvgIpc) is 3.10. The first-order valence-electron chi connectivity index (χ1n) is 11.4. The van der Waals surface area contributed by atoms with Crippen LogP contribution in [0.4, 0.5) is 5.69 Å². The largest absolute Gasteiger partial charge is 0.493 e. The van der Waals surface area contributed by atoms with Gasteiger partial charge in [0.2, 0.25) is 10.0 Å². The van der Waals surface area contributed by atoms with Crippen molar-refractivity contribution < 1.29 is 13.2 Å². The molecule has 0 saturated carbocycles. The molecule has 0 bridgehead atoms. The van der Waals surface area contributed by atoms with Gasteiger partial charge in [0.25, 0.3) is 0 Å². The van der Waals surface area contributed by atoms with Crippen molar-refractivity contribution >= 4 is 27.9 Å². The molecule has 0 amide bonds. The Morgan fingerprint density at radius 3 is 2.58 bits per heavy atom. The molecule has 1 aromatic carbocycles. The molecule has 0 aliphatic carbocycles. The Bertz CT molecular complexity index is 1180. The maximum Gasteiger partial charge on any atom is 0.243 e. The van der Waals surface area contributed by atoms with Crippen LogP contribution in [0.1, 0.15) is 38.4 Å². The monoisotopic (exact) mass is 492 g/mol. The number of nitrogens with zero attached hydrogens (tertiary/aromatic N) is 4. The van der Waals surface area contributed by atoms with Gasteiger partial charge in [0, 0.05) is 33.2 Å². The van der Waals surface area contributed by atoms with Gasteiger partial charge in [0.15, 0.2) is 4.64 Å². The summed E-state index contributed by atoms with van der Waals surface area (Å²) in [7, 11) is 0.289. The van der Waals surface area contributed by atoms with Crippen LogP contribution in [0.15, 0.2) is 23.1 Å². The number of sulfonamides is 1. The number of hydrogen-bond acceptors (Lipinski definition) is 8. The van der Waals surface area contributed by atoms with Crippen molar-refractivity contribution in [1.29, 1.82) is 0 Å². The van der Waals surface area contributed by atoms with E-state index in [4.69, 9.17) is 17.0 Å². The lowest BCUT2D eigenvalue weighted by Gasteiger charge is -2.31. The quantitative estimate of drug-likeness (QED) is 0.570. The molecular formula is C22H32N6O3S2. The predicted molar refractivity (Wildman–Crippen MR) is 131 cm³/mol. The van der Waals surface area contributed by atoms with Crippen molar-refractivity contribution in [3.8, 4) is 17.1 Å². The zero-order valence-corrected chi connectivity index (χ0v) is 21.2. The van der Waals surface area contributed by atoms with Crippen molar-refractivity contribution in [3.05, 3.63) is 28.5 Å². The second-order valence-corrected chi connectivity index (χ2v) is 10.8. The zero-order valence-electron chi connectivity index (χ0n) is 19.6. The van der Waals surface area contributed by atoms with E-state index in [0.29, 0.717) is 54.6 Å². The summed E-state index contributed by atoms with van der Waals surface area (Å²) in [5, 5.41) is 1.91. The number of anilines is 1. The molecule has 3 heterocycles. The minimum atomic E-state index is -3.63. The van der Waals surface area contributed by atoms with Gasteiger partial charge >= 0.3 is 0 Å². The maximum atomic E-state index is 13.4. The molecule has 0 radical (unpaired) electrons. The minimum Gasteiger partial charge on any atom is -0.493 e. The molecule has 1 fully saturated rings. The fourth-order valence-corrected chi connectivity index (χ4v) is 6.15. The third kappa shape index (κ3) is 4.65. The zero-order chi connectivity index (χ0) is 23.8. The van der Waals surface area contributed by atoms with Crippen molar-refractivity contribution in [2.75, 3.05) is 51.9 Å². The van der Waals surface area contributed by atoms with Gasteiger partial charge in [0.05, 0.1) is 28.8 Å². The molecule has 180 valence electrons. The van der Waals surface area contributed by atoms with E-state index in [1.807, 2.05) is 26.0 Å². The van der Waals surface area contributed by atoms with E-state index < -0.39 is 10.0 Å². The van der Waals surface area contributed by atoms with Gasteiger partial charge in [-0.1, -0.05) is 25.6 Å². The standard InChI is InChI=1S/C22H32N6O3S2/c1-5-7-17-19-20(27(4)25-17)22(32)24-21(23-19)16-14-15(8-9-18(16)31-6-2)33(29,30)28-12-10-26(3)11-13-28/h8-9,14,17,25H,5-7,10-13H2,1-4H3,(H,23,24,32). The second kappa shape index (κ2) is 9.67.